The van der Waals surface area contributed by atoms with Crippen molar-refractivity contribution in [1.82, 2.24) is 15.1 Å². The first-order chi connectivity index (χ1) is 13.5. The highest BCUT2D eigenvalue weighted by molar-refractivity contribution is 5.88. The summed E-state index contributed by atoms with van der Waals surface area (Å²) < 4.78 is 10.6. The minimum absolute atomic E-state index is 0.0646. The number of benzene rings is 2. The van der Waals surface area contributed by atoms with E-state index in [0.717, 1.165) is 5.56 Å². The summed E-state index contributed by atoms with van der Waals surface area (Å²) in [6.07, 6.45) is 0.808. The van der Waals surface area contributed by atoms with Gasteiger partial charge in [-0.1, -0.05) is 24.3 Å². The van der Waals surface area contributed by atoms with Gasteiger partial charge < -0.3 is 14.4 Å². The number of carbonyl (C=O) groups excluding carboxylic acids is 1. The third-order valence-electron chi connectivity index (χ3n) is 4.70. The van der Waals surface area contributed by atoms with Gasteiger partial charge in [-0.05, 0) is 30.2 Å². The number of aromatic nitrogens is 2. The van der Waals surface area contributed by atoms with Crippen molar-refractivity contribution in [3.8, 4) is 11.5 Å². The Bertz CT molecular complexity index is 1050. The van der Waals surface area contributed by atoms with Gasteiger partial charge in [-0.15, -0.1) is 0 Å². The monoisotopic (exact) mass is 381 g/mol. The lowest BCUT2D eigenvalue weighted by Gasteiger charge is -2.18. The zero-order valence-corrected chi connectivity index (χ0v) is 16.2. The number of H-pyrrole nitrogens is 1. The van der Waals surface area contributed by atoms with Gasteiger partial charge >= 0.3 is 0 Å². The number of carbonyl (C=O) groups is 1. The molecule has 2 aromatic carbocycles. The van der Waals surface area contributed by atoms with Crippen LogP contribution in [0.25, 0.3) is 10.8 Å². The fourth-order valence-corrected chi connectivity index (χ4v) is 3.04. The number of fused-ring (bicyclic) bond motifs is 1. The highest BCUT2D eigenvalue weighted by atomic mass is 16.5. The van der Waals surface area contributed by atoms with Crippen LogP contribution in [0.2, 0.25) is 0 Å². The number of likely N-dealkylation sites (N-methyl/N-ethyl adjacent to an activating group) is 1. The van der Waals surface area contributed by atoms with Crippen LogP contribution < -0.4 is 15.0 Å². The van der Waals surface area contributed by atoms with Gasteiger partial charge in [0, 0.05) is 19.0 Å². The molecule has 0 saturated carbocycles. The second-order valence-electron chi connectivity index (χ2n) is 6.48. The maximum atomic E-state index is 12.6. The van der Waals surface area contributed by atoms with Crippen LogP contribution in [-0.4, -0.2) is 48.8 Å². The quantitative estimate of drug-likeness (QED) is 0.678. The molecular weight excluding hydrogens is 358 g/mol. The lowest BCUT2D eigenvalue weighted by molar-refractivity contribution is -0.129. The highest BCUT2D eigenvalue weighted by Crippen LogP contribution is 2.27. The first kappa shape index (κ1) is 19.4. The van der Waals surface area contributed by atoms with Crippen LogP contribution in [0.5, 0.6) is 11.5 Å². The number of hydrogen-bond acceptors (Lipinski definition) is 5. The van der Waals surface area contributed by atoms with E-state index in [2.05, 4.69) is 10.2 Å². The van der Waals surface area contributed by atoms with Gasteiger partial charge in [-0.3, -0.25) is 9.59 Å². The standard InChI is InChI=1S/C21H23N3O4/c1-24(11-10-14-8-9-18(27-2)19(12-14)28-3)20(25)13-17-15-6-4-5-7-16(15)21(26)23-22-17/h4-9,12H,10-11,13H2,1-3H3,(H,23,26). The molecule has 7 heteroatoms. The molecule has 0 unspecified atom stereocenters. The van der Waals surface area contributed by atoms with Crippen molar-refractivity contribution in [2.45, 2.75) is 12.8 Å². The van der Waals surface area contributed by atoms with E-state index in [4.69, 9.17) is 9.47 Å². The molecule has 7 nitrogen and oxygen atoms in total. The maximum absolute atomic E-state index is 12.6. The molecule has 1 aromatic heterocycles. The summed E-state index contributed by atoms with van der Waals surface area (Å²) in [4.78, 5) is 26.2. The average Bonchev–Trinajstić information content (AvgIpc) is 2.73. The van der Waals surface area contributed by atoms with Crippen molar-refractivity contribution in [2.24, 2.45) is 0 Å². The van der Waals surface area contributed by atoms with Crippen LogP contribution in [0.1, 0.15) is 11.3 Å². The molecule has 0 saturated heterocycles. The third kappa shape index (κ3) is 4.14. The minimum Gasteiger partial charge on any atom is -0.493 e. The molecule has 0 aliphatic heterocycles. The molecule has 28 heavy (non-hydrogen) atoms. The second kappa shape index (κ2) is 8.56. The number of rotatable bonds is 7. The molecule has 0 aliphatic rings. The van der Waals surface area contributed by atoms with Gasteiger partial charge in [0.2, 0.25) is 5.91 Å². The number of amides is 1. The Kier molecular flexibility index (Phi) is 5.93. The van der Waals surface area contributed by atoms with E-state index < -0.39 is 0 Å². The van der Waals surface area contributed by atoms with Gasteiger partial charge in [-0.25, -0.2) is 5.10 Å². The van der Waals surface area contributed by atoms with E-state index in [-0.39, 0.29) is 17.9 Å². The molecule has 1 heterocycles. The van der Waals surface area contributed by atoms with E-state index >= 15 is 0 Å². The molecule has 1 N–H and O–H groups in total. The van der Waals surface area contributed by atoms with Crippen LogP contribution in [0.4, 0.5) is 0 Å². The Morgan fingerprint density at radius 2 is 1.79 bits per heavy atom. The molecule has 1 amide bonds. The lowest BCUT2D eigenvalue weighted by Crippen LogP contribution is -2.31. The van der Waals surface area contributed by atoms with Crippen LogP contribution >= 0.6 is 0 Å². The van der Waals surface area contributed by atoms with Crippen molar-refractivity contribution >= 4 is 16.7 Å². The van der Waals surface area contributed by atoms with E-state index in [9.17, 15) is 9.59 Å². The summed E-state index contributed by atoms with van der Waals surface area (Å²) in [7, 11) is 4.95. The molecule has 0 aliphatic carbocycles. The molecule has 0 spiro atoms. The summed E-state index contributed by atoms with van der Waals surface area (Å²) in [6.45, 7) is 0.551. The van der Waals surface area contributed by atoms with E-state index in [1.165, 1.54) is 0 Å². The fourth-order valence-electron chi connectivity index (χ4n) is 3.04. The molecular formula is C21H23N3O4. The molecule has 0 bridgehead atoms. The summed E-state index contributed by atoms with van der Waals surface area (Å²) >= 11 is 0. The van der Waals surface area contributed by atoms with Crippen molar-refractivity contribution < 1.29 is 14.3 Å². The number of methoxy groups -OCH3 is 2. The molecule has 146 valence electrons. The minimum atomic E-state index is -0.256. The predicted molar refractivity (Wildman–Crippen MR) is 107 cm³/mol. The van der Waals surface area contributed by atoms with Gasteiger partial charge in [0.1, 0.15) is 0 Å². The Balaban J connectivity index is 1.67. The molecule has 3 aromatic rings. The van der Waals surface area contributed by atoms with Crippen molar-refractivity contribution in [2.75, 3.05) is 27.8 Å². The average molecular weight is 381 g/mol. The number of ether oxygens (including phenoxy) is 2. The maximum Gasteiger partial charge on any atom is 0.272 e. The smallest absolute Gasteiger partial charge is 0.272 e. The second-order valence-corrected chi connectivity index (χ2v) is 6.48. The van der Waals surface area contributed by atoms with Crippen LogP contribution in [0.15, 0.2) is 47.3 Å². The number of nitrogens with one attached hydrogen (secondary N) is 1. The zero-order valence-electron chi connectivity index (χ0n) is 16.2. The van der Waals surface area contributed by atoms with Crippen molar-refractivity contribution in [3.63, 3.8) is 0 Å². The van der Waals surface area contributed by atoms with Gasteiger partial charge in [0.25, 0.3) is 5.56 Å². The summed E-state index contributed by atoms with van der Waals surface area (Å²) in [5, 5.41) is 7.78. The van der Waals surface area contributed by atoms with E-state index in [1.807, 2.05) is 30.3 Å². The van der Waals surface area contributed by atoms with E-state index in [0.29, 0.717) is 40.9 Å². The Morgan fingerprint density at radius 1 is 1.07 bits per heavy atom. The Morgan fingerprint density at radius 3 is 2.50 bits per heavy atom. The Hall–Kier alpha value is -3.35. The van der Waals surface area contributed by atoms with Crippen LogP contribution in [-0.2, 0) is 17.6 Å². The number of hydrogen-bond donors (Lipinski definition) is 1. The largest absolute Gasteiger partial charge is 0.493 e. The van der Waals surface area contributed by atoms with Crippen LogP contribution in [0.3, 0.4) is 0 Å². The van der Waals surface area contributed by atoms with Crippen LogP contribution in [0, 0.1) is 0 Å². The number of aromatic amines is 1. The Labute approximate surface area is 162 Å². The van der Waals surface area contributed by atoms with Gasteiger partial charge in [-0.2, -0.15) is 5.10 Å². The predicted octanol–water partition coefficient (Wildman–Crippen LogP) is 2.18. The van der Waals surface area contributed by atoms with Crippen molar-refractivity contribution in [1.29, 1.82) is 0 Å². The zero-order chi connectivity index (χ0) is 20.1. The summed E-state index contributed by atoms with van der Waals surface area (Å²) in [5.74, 6) is 1.27. The molecule has 0 fully saturated rings. The number of nitrogens with zero attached hydrogens (tertiary/aromatic N) is 2. The van der Waals surface area contributed by atoms with E-state index in [1.54, 1.807) is 38.3 Å². The van der Waals surface area contributed by atoms with Gasteiger partial charge in [0.15, 0.2) is 11.5 Å². The SMILES string of the molecule is COc1ccc(CCN(C)C(=O)Cc2n[nH]c(=O)c3ccccc23)cc1OC. The third-order valence-corrected chi connectivity index (χ3v) is 4.70. The topological polar surface area (TPSA) is 84.5 Å². The van der Waals surface area contributed by atoms with Gasteiger partial charge in [0.05, 0.1) is 31.7 Å². The molecule has 0 radical (unpaired) electrons. The first-order valence-corrected chi connectivity index (χ1v) is 8.94. The summed E-state index contributed by atoms with van der Waals surface area (Å²) in [6, 6.07) is 12.9. The fraction of sp³-hybridized carbons (Fsp3) is 0.286. The lowest BCUT2D eigenvalue weighted by atomic mass is 10.1. The molecule has 0 atom stereocenters. The van der Waals surface area contributed by atoms with Crippen molar-refractivity contribution in [3.05, 3.63) is 64.1 Å². The summed E-state index contributed by atoms with van der Waals surface area (Å²) in [5.41, 5.74) is 1.36. The first-order valence-electron chi connectivity index (χ1n) is 8.94. The normalized spacial score (nSPS) is 10.7. The molecule has 3 rings (SSSR count). The highest BCUT2D eigenvalue weighted by Gasteiger charge is 2.14.